The minimum absolute atomic E-state index is 0.0160. The van der Waals surface area contributed by atoms with Crippen LogP contribution in [0.25, 0.3) is 0 Å². The molecule has 0 aliphatic carbocycles. The summed E-state index contributed by atoms with van der Waals surface area (Å²) < 4.78 is 1.78. The van der Waals surface area contributed by atoms with Crippen LogP contribution in [0.1, 0.15) is 40.5 Å². The summed E-state index contributed by atoms with van der Waals surface area (Å²) in [5.74, 6) is 2.37. The van der Waals surface area contributed by atoms with Gasteiger partial charge in [-0.25, -0.2) is 9.59 Å². The quantitative estimate of drug-likeness (QED) is 0.239. The van der Waals surface area contributed by atoms with E-state index in [0.717, 1.165) is 68.2 Å². The SMILES string of the molecule is CCN1CC(=O)N(C)C1=O.CCN1CC(=O)N(C)C1=S.CCN1CC(=S)N(C)C1=O.CCN1CC(=S)N(C)C1=S.CN1C(=O)C=C2SCCC2C1=O.CN1C(=S)C=C2SCCC2C1=S.Cn1cnnc1. The molecule has 0 N–H and O–H groups in total. The van der Waals surface area contributed by atoms with E-state index in [-0.39, 0.29) is 48.2 Å². The van der Waals surface area contributed by atoms with E-state index < -0.39 is 0 Å². The average molecular weight is 1110 g/mol. The third kappa shape index (κ3) is 15.7. The molecule has 1 aromatic rings. The first-order valence-electron chi connectivity index (χ1n) is 22.3. The number of amides is 8. The first-order chi connectivity index (χ1) is 32.9. The molecule has 8 amide bonds. The molecule has 0 aromatic carbocycles. The Morgan fingerprint density at radius 3 is 1.30 bits per heavy atom. The third-order valence-corrected chi connectivity index (χ3v) is 16.8. The van der Waals surface area contributed by atoms with Gasteiger partial charge >= 0.3 is 12.1 Å². The lowest BCUT2D eigenvalue weighted by atomic mass is 10.0. The van der Waals surface area contributed by atoms with E-state index in [0.29, 0.717) is 35.7 Å². The van der Waals surface area contributed by atoms with Crippen LogP contribution in [-0.4, -0.2) is 236 Å². The second-order valence-corrected chi connectivity index (χ2v) is 20.9. The number of aryl methyl sites for hydroxylation is 1. The number of thioether (sulfide) groups is 2. The normalized spacial score (nSPS) is 21.5. The molecule has 0 radical (unpaired) electrons. The molecule has 384 valence electrons. The fourth-order valence-corrected chi connectivity index (χ4v) is 11.2. The van der Waals surface area contributed by atoms with E-state index in [4.69, 9.17) is 73.3 Å². The molecule has 8 aliphatic rings. The van der Waals surface area contributed by atoms with Crippen molar-refractivity contribution < 1.29 is 28.8 Å². The highest BCUT2D eigenvalue weighted by Gasteiger charge is 2.37. The van der Waals surface area contributed by atoms with Crippen molar-refractivity contribution in [2.24, 2.45) is 18.9 Å². The van der Waals surface area contributed by atoms with Crippen molar-refractivity contribution in [2.45, 2.75) is 40.5 Å². The summed E-state index contributed by atoms with van der Waals surface area (Å²) in [5, 5.41) is 8.57. The van der Waals surface area contributed by atoms with Gasteiger partial charge in [-0.3, -0.25) is 38.8 Å². The predicted molar refractivity (Wildman–Crippen MR) is 300 cm³/mol. The predicted octanol–water partition coefficient (Wildman–Crippen LogP) is 4.19. The molecule has 9 heterocycles. The van der Waals surface area contributed by atoms with Crippen LogP contribution in [0.5, 0.6) is 0 Å². The lowest BCUT2D eigenvalue weighted by Crippen LogP contribution is -2.39. The molecule has 2 atom stereocenters. The zero-order chi connectivity index (χ0) is 52.7. The van der Waals surface area contributed by atoms with Crippen molar-refractivity contribution in [1.82, 2.24) is 63.8 Å². The third-order valence-electron chi connectivity index (χ3n) is 11.6. The van der Waals surface area contributed by atoms with Gasteiger partial charge in [-0.05, 0) is 87.5 Å². The molecular formula is C43H63N13O6S8. The van der Waals surface area contributed by atoms with Crippen LogP contribution in [0.15, 0.2) is 34.6 Å². The number of fused-ring (bicyclic) bond motifs is 2. The van der Waals surface area contributed by atoms with Gasteiger partial charge in [0, 0.05) is 92.4 Å². The number of nitrogens with zero attached hydrogens (tertiary/aromatic N) is 13. The summed E-state index contributed by atoms with van der Waals surface area (Å²) in [7, 11) is 12.2. The number of rotatable bonds is 4. The Hall–Kier alpha value is -4.12. The first kappa shape index (κ1) is 60.2. The van der Waals surface area contributed by atoms with Gasteiger partial charge in [0.15, 0.2) is 10.2 Å². The zero-order valence-corrected chi connectivity index (χ0v) is 48.0. The Labute approximate surface area is 452 Å². The van der Waals surface area contributed by atoms with E-state index in [1.54, 1.807) is 61.1 Å². The largest absolute Gasteiger partial charge is 0.342 e. The summed E-state index contributed by atoms with van der Waals surface area (Å²) in [6, 6.07) is -0.167. The van der Waals surface area contributed by atoms with Crippen molar-refractivity contribution in [3.63, 3.8) is 0 Å². The summed E-state index contributed by atoms with van der Waals surface area (Å²) in [5.41, 5.74) is 0. The van der Waals surface area contributed by atoms with E-state index in [2.05, 4.69) is 28.1 Å². The topological polar surface area (TPSA) is 166 Å². The standard InChI is InChI=1S/C8H9NO2S.C8H9NS3.C6H10N2O2.2C6H10N2OS.C6H10N2S2.C3H5N3/c2*1-9-7(10)4-6-5(8(9)11)2-3-12-6;1-3-8-4-5(9)7(2)6(8)10;1-3-8-4-5(10)7(2)6(8)9;2*1-3-8-4-5(9)7(2)6(8)10;1-6-2-4-5-3-6/h2*4-5H,2-3H2,1H3;4*3-4H2,1-2H3;2-3H,1H3. The molecule has 9 rings (SSSR count). The smallest absolute Gasteiger partial charge is 0.326 e. The molecule has 0 saturated carbocycles. The Morgan fingerprint density at radius 1 is 0.514 bits per heavy atom. The van der Waals surface area contributed by atoms with Crippen LogP contribution >= 0.6 is 96.8 Å². The van der Waals surface area contributed by atoms with Crippen LogP contribution in [0.2, 0.25) is 0 Å². The minimum atomic E-state index is -0.187. The number of carbonyl (C=O) groups is 6. The molecule has 27 heteroatoms. The molecule has 19 nitrogen and oxygen atoms in total. The Morgan fingerprint density at radius 2 is 0.943 bits per heavy atom. The fourth-order valence-electron chi connectivity index (χ4n) is 6.84. The van der Waals surface area contributed by atoms with Crippen molar-refractivity contribution in [2.75, 3.05) is 106 Å². The zero-order valence-electron chi connectivity index (χ0n) is 41.5. The Kier molecular flexibility index (Phi) is 24.3. The number of likely N-dealkylation sites (N-methyl/N-ethyl adjacent to an activating group) is 10. The van der Waals surface area contributed by atoms with Gasteiger partial charge in [0.1, 0.15) is 34.2 Å². The molecule has 1 aromatic heterocycles. The van der Waals surface area contributed by atoms with E-state index in [1.165, 1.54) is 43.7 Å². The van der Waals surface area contributed by atoms with Crippen LogP contribution in [-0.2, 0) is 26.2 Å². The van der Waals surface area contributed by atoms with Crippen molar-refractivity contribution in [3.8, 4) is 0 Å². The molecule has 8 aliphatic heterocycles. The summed E-state index contributed by atoms with van der Waals surface area (Å²) in [6.45, 7) is 13.1. The van der Waals surface area contributed by atoms with Crippen LogP contribution < -0.4 is 0 Å². The van der Waals surface area contributed by atoms with Crippen molar-refractivity contribution in [1.29, 1.82) is 0 Å². The maximum atomic E-state index is 11.5. The van der Waals surface area contributed by atoms with Crippen LogP contribution in [0.3, 0.4) is 0 Å². The number of urea groups is 2. The Balaban J connectivity index is 0.000000218. The number of thiocarbonyl (C=S) groups is 6. The van der Waals surface area contributed by atoms with Gasteiger partial charge < -0.3 is 34.0 Å². The lowest BCUT2D eigenvalue weighted by molar-refractivity contribution is -0.143. The maximum Gasteiger partial charge on any atom is 0.326 e. The number of hydrogen-bond donors (Lipinski definition) is 0. The lowest BCUT2D eigenvalue weighted by Gasteiger charge is -2.28. The molecule has 0 bridgehead atoms. The van der Waals surface area contributed by atoms with E-state index in [9.17, 15) is 28.8 Å². The molecule has 0 spiro atoms. The number of imide groups is 2. The van der Waals surface area contributed by atoms with Crippen molar-refractivity contribution in [3.05, 3.63) is 34.6 Å². The molecule has 2 unspecified atom stereocenters. The van der Waals surface area contributed by atoms with Crippen LogP contribution in [0.4, 0.5) is 9.59 Å². The van der Waals surface area contributed by atoms with E-state index >= 15 is 0 Å². The monoisotopic (exact) mass is 1110 g/mol. The van der Waals surface area contributed by atoms with Gasteiger partial charge in [-0.1, -0.05) is 48.9 Å². The van der Waals surface area contributed by atoms with E-state index in [1.807, 2.05) is 68.4 Å². The van der Waals surface area contributed by atoms with Gasteiger partial charge in [-0.2, -0.15) is 0 Å². The van der Waals surface area contributed by atoms with Gasteiger partial charge in [-0.15, -0.1) is 33.7 Å². The number of hydrogen-bond acceptors (Lipinski definition) is 16. The first-order valence-corrected chi connectivity index (χ1v) is 26.7. The fraction of sp³-hybridized carbons (Fsp3) is 0.581. The second-order valence-electron chi connectivity index (χ2n) is 16.1. The Bertz CT molecular complexity index is 2040. The molecular weight excluding hydrogens is 1050 g/mol. The minimum Gasteiger partial charge on any atom is -0.342 e. The molecule has 70 heavy (non-hydrogen) atoms. The number of aromatic nitrogens is 3. The average Bonchev–Trinajstić information content (AvgIpc) is 4.25. The highest BCUT2D eigenvalue weighted by Crippen LogP contribution is 2.40. The maximum absolute atomic E-state index is 11.5. The molecule has 6 saturated heterocycles. The molecule has 6 fully saturated rings. The van der Waals surface area contributed by atoms with Gasteiger partial charge in [0.25, 0.3) is 5.91 Å². The highest BCUT2D eigenvalue weighted by molar-refractivity contribution is 8.03. The van der Waals surface area contributed by atoms with Crippen LogP contribution in [0, 0.1) is 11.8 Å². The highest BCUT2D eigenvalue weighted by atomic mass is 32.2. The van der Waals surface area contributed by atoms with Gasteiger partial charge in [0.05, 0.1) is 30.5 Å². The number of carbonyl (C=O) groups excluding carboxylic acids is 6. The van der Waals surface area contributed by atoms with Crippen molar-refractivity contribution >= 4 is 163 Å². The summed E-state index contributed by atoms with van der Waals surface area (Å²) >= 11 is 34.1. The summed E-state index contributed by atoms with van der Waals surface area (Å²) in [6.07, 6.45) is 9.02. The summed E-state index contributed by atoms with van der Waals surface area (Å²) in [4.78, 5) is 88.7. The second kappa shape index (κ2) is 28.2. The van der Waals surface area contributed by atoms with Gasteiger partial charge in [0.2, 0.25) is 17.7 Å².